The SMILES string of the molecule is CCC(COc1cc[n+]([O-])c2ccccc12)c1cnc2c(c1)C(=O)N(C)c1cccnc1N2. The maximum atomic E-state index is 13.2. The van der Waals surface area contributed by atoms with Crippen molar-refractivity contribution in [2.24, 2.45) is 0 Å². The minimum atomic E-state index is -0.150. The highest BCUT2D eigenvalue weighted by atomic mass is 16.5. The Morgan fingerprint density at radius 3 is 2.85 bits per heavy atom. The number of rotatable bonds is 5. The smallest absolute Gasteiger partial charge is 0.261 e. The molecule has 0 fully saturated rings. The third-order valence-electron chi connectivity index (χ3n) is 6.00. The summed E-state index contributed by atoms with van der Waals surface area (Å²) >= 11 is 0. The second kappa shape index (κ2) is 8.38. The first-order chi connectivity index (χ1) is 16.1. The molecule has 0 radical (unpaired) electrons. The van der Waals surface area contributed by atoms with Crippen LogP contribution in [0.4, 0.5) is 17.3 Å². The molecule has 1 atom stereocenters. The molecule has 33 heavy (non-hydrogen) atoms. The van der Waals surface area contributed by atoms with Gasteiger partial charge >= 0.3 is 0 Å². The van der Waals surface area contributed by atoms with E-state index in [2.05, 4.69) is 22.2 Å². The van der Waals surface area contributed by atoms with Gasteiger partial charge in [-0.1, -0.05) is 19.1 Å². The van der Waals surface area contributed by atoms with E-state index in [1.807, 2.05) is 30.3 Å². The summed E-state index contributed by atoms with van der Waals surface area (Å²) in [6.45, 7) is 2.46. The lowest BCUT2D eigenvalue weighted by Crippen LogP contribution is -2.26. The maximum absolute atomic E-state index is 13.2. The van der Waals surface area contributed by atoms with Gasteiger partial charge in [0, 0.05) is 37.5 Å². The predicted octanol–water partition coefficient (Wildman–Crippen LogP) is 4.17. The van der Waals surface area contributed by atoms with Crippen molar-refractivity contribution >= 4 is 34.1 Å². The quantitative estimate of drug-likeness (QED) is 0.369. The van der Waals surface area contributed by atoms with Crippen LogP contribution in [0.2, 0.25) is 0 Å². The summed E-state index contributed by atoms with van der Waals surface area (Å²) in [7, 11) is 1.73. The van der Waals surface area contributed by atoms with E-state index >= 15 is 0 Å². The van der Waals surface area contributed by atoms with Crippen molar-refractivity contribution in [3.05, 3.63) is 83.5 Å². The number of nitrogens with one attached hydrogen (secondary N) is 1. The van der Waals surface area contributed by atoms with Crippen LogP contribution in [-0.4, -0.2) is 29.5 Å². The summed E-state index contributed by atoms with van der Waals surface area (Å²) in [5.41, 5.74) is 2.66. The number of carbonyl (C=O) groups excluding carboxylic acids is 1. The van der Waals surface area contributed by atoms with Gasteiger partial charge in [0.15, 0.2) is 12.0 Å². The van der Waals surface area contributed by atoms with Crippen LogP contribution in [0, 0.1) is 5.21 Å². The Balaban J connectivity index is 1.43. The molecule has 8 heteroatoms. The Bertz CT molecular complexity index is 1360. The summed E-state index contributed by atoms with van der Waals surface area (Å²) in [4.78, 5) is 23.6. The van der Waals surface area contributed by atoms with Crippen LogP contribution in [0.25, 0.3) is 10.9 Å². The molecule has 0 saturated heterocycles. The molecule has 0 spiro atoms. The first kappa shape index (κ1) is 20.7. The molecule has 8 nitrogen and oxygen atoms in total. The Labute approximate surface area is 191 Å². The number of pyridine rings is 3. The molecule has 4 aromatic rings. The van der Waals surface area contributed by atoms with E-state index in [-0.39, 0.29) is 11.8 Å². The zero-order chi connectivity index (χ0) is 22.9. The van der Waals surface area contributed by atoms with Gasteiger partial charge in [0.25, 0.3) is 5.91 Å². The highest BCUT2D eigenvalue weighted by Gasteiger charge is 2.27. The molecule has 0 saturated carbocycles. The average Bonchev–Trinajstić information content (AvgIpc) is 2.95. The molecule has 1 aliphatic heterocycles. The normalized spacial score (nSPS) is 13.6. The van der Waals surface area contributed by atoms with E-state index in [9.17, 15) is 10.0 Å². The van der Waals surface area contributed by atoms with Gasteiger partial charge in [-0.2, -0.15) is 4.73 Å². The average molecular weight is 441 g/mol. The molecule has 4 heterocycles. The van der Waals surface area contributed by atoms with E-state index < -0.39 is 0 Å². The number of hydrogen-bond donors (Lipinski definition) is 1. The van der Waals surface area contributed by atoms with Gasteiger partial charge in [-0.15, -0.1) is 0 Å². The molecule has 1 aromatic carbocycles. The van der Waals surface area contributed by atoms with Crippen molar-refractivity contribution in [2.75, 3.05) is 23.9 Å². The largest absolute Gasteiger partial charge is 0.618 e. The van der Waals surface area contributed by atoms with Gasteiger partial charge in [-0.3, -0.25) is 4.79 Å². The van der Waals surface area contributed by atoms with Gasteiger partial charge in [0.1, 0.15) is 11.6 Å². The molecule has 0 aliphatic carbocycles. The summed E-state index contributed by atoms with van der Waals surface area (Å²) in [5.74, 6) is 1.59. The highest BCUT2D eigenvalue weighted by Crippen LogP contribution is 2.34. The molecule has 1 amide bonds. The fourth-order valence-electron chi connectivity index (χ4n) is 4.08. The zero-order valence-corrected chi connectivity index (χ0v) is 18.4. The second-order valence-electron chi connectivity index (χ2n) is 7.96. The zero-order valence-electron chi connectivity index (χ0n) is 18.4. The van der Waals surface area contributed by atoms with Crippen molar-refractivity contribution in [3.8, 4) is 5.75 Å². The number of amides is 1. The molecule has 1 unspecified atom stereocenters. The van der Waals surface area contributed by atoms with E-state index in [4.69, 9.17) is 4.74 Å². The topological polar surface area (TPSA) is 94.3 Å². The van der Waals surface area contributed by atoms with E-state index in [1.165, 1.54) is 6.20 Å². The van der Waals surface area contributed by atoms with Gasteiger partial charge in [0.05, 0.1) is 23.2 Å². The number of hydrogen-bond acceptors (Lipinski definition) is 6. The summed E-state index contributed by atoms with van der Waals surface area (Å²) in [6.07, 6.45) is 5.70. The molecule has 166 valence electrons. The van der Waals surface area contributed by atoms with Gasteiger partial charge in [-0.05, 0) is 36.2 Å². The van der Waals surface area contributed by atoms with E-state index in [0.29, 0.717) is 40.8 Å². The summed E-state index contributed by atoms with van der Waals surface area (Å²) < 4.78 is 6.98. The third kappa shape index (κ3) is 3.69. The third-order valence-corrected chi connectivity index (χ3v) is 6.00. The fraction of sp³-hybridized carbons (Fsp3) is 0.200. The summed E-state index contributed by atoms with van der Waals surface area (Å²) in [6, 6.07) is 14.6. The first-order valence-electron chi connectivity index (χ1n) is 10.8. The predicted molar refractivity (Wildman–Crippen MR) is 126 cm³/mol. The van der Waals surface area contributed by atoms with Crippen molar-refractivity contribution in [1.29, 1.82) is 0 Å². The van der Waals surface area contributed by atoms with Crippen LogP contribution in [0.3, 0.4) is 0 Å². The minimum absolute atomic E-state index is 0.0167. The molecule has 1 N–H and O–H groups in total. The van der Waals surface area contributed by atoms with Crippen molar-refractivity contribution < 1.29 is 14.3 Å². The van der Waals surface area contributed by atoms with Crippen LogP contribution in [0.5, 0.6) is 5.75 Å². The Morgan fingerprint density at radius 1 is 1.15 bits per heavy atom. The van der Waals surface area contributed by atoms with Crippen LogP contribution in [0.1, 0.15) is 35.2 Å². The lowest BCUT2D eigenvalue weighted by molar-refractivity contribution is -0.577. The highest BCUT2D eigenvalue weighted by molar-refractivity contribution is 6.12. The van der Waals surface area contributed by atoms with Gasteiger partial charge in [0.2, 0.25) is 5.52 Å². The number of nitrogens with zero attached hydrogens (tertiary/aromatic N) is 4. The standard InChI is InChI=1S/C25H23N5O3/c1-3-16(15-33-22-10-12-30(32)20-8-5-4-7-18(20)22)17-13-19-23(27-14-17)28-24-21(9-6-11-26-24)29(2)25(19)31/h4-14,16H,3,15H2,1-2H3,(H,26,27,28). The van der Waals surface area contributed by atoms with Crippen molar-refractivity contribution in [3.63, 3.8) is 0 Å². The molecule has 0 bridgehead atoms. The molecular weight excluding hydrogens is 418 g/mol. The fourth-order valence-corrected chi connectivity index (χ4v) is 4.08. The van der Waals surface area contributed by atoms with E-state index in [1.54, 1.807) is 42.5 Å². The Hall–Kier alpha value is -4.20. The summed E-state index contributed by atoms with van der Waals surface area (Å²) in [5, 5.41) is 16.0. The maximum Gasteiger partial charge on any atom is 0.261 e. The number of anilines is 3. The second-order valence-corrected chi connectivity index (χ2v) is 7.96. The van der Waals surface area contributed by atoms with Crippen molar-refractivity contribution in [2.45, 2.75) is 19.3 Å². The van der Waals surface area contributed by atoms with Crippen molar-refractivity contribution in [1.82, 2.24) is 9.97 Å². The van der Waals surface area contributed by atoms with Gasteiger partial charge in [-0.25, -0.2) is 9.97 Å². The number of para-hydroxylation sites is 1. The van der Waals surface area contributed by atoms with E-state index in [0.717, 1.165) is 22.1 Å². The lowest BCUT2D eigenvalue weighted by atomic mass is 9.97. The van der Waals surface area contributed by atoms with Crippen LogP contribution < -0.4 is 19.7 Å². The minimum Gasteiger partial charge on any atom is -0.618 e. The Kier molecular flexibility index (Phi) is 5.26. The monoisotopic (exact) mass is 441 g/mol. The lowest BCUT2D eigenvalue weighted by Gasteiger charge is -2.19. The molecule has 1 aliphatic rings. The van der Waals surface area contributed by atoms with Crippen LogP contribution >= 0.6 is 0 Å². The van der Waals surface area contributed by atoms with Gasteiger partial charge < -0.3 is 20.2 Å². The number of benzene rings is 1. The number of carbonyl (C=O) groups is 1. The number of aromatic nitrogens is 3. The molecule has 3 aromatic heterocycles. The Morgan fingerprint density at radius 2 is 2.00 bits per heavy atom. The van der Waals surface area contributed by atoms with Crippen LogP contribution in [0.15, 0.2) is 67.1 Å². The van der Waals surface area contributed by atoms with Crippen LogP contribution in [-0.2, 0) is 0 Å². The number of fused-ring (bicyclic) bond motifs is 3. The molecular formula is C25H23N5O3. The molecule has 5 rings (SSSR count). The first-order valence-corrected chi connectivity index (χ1v) is 10.8. The number of ether oxygens (including phenoxy) is 1.